The molecule has 0 fully saturated rings. The molecule has 0 aliphatic rings. The van der Waals surface area contributed by atoms with Crippen LogP contribution in [0.25, 0.3) is 0 Å². The number of halogens is 1. The minimum absolute atomic E-state index is 0.508. The van der Waals surface area contributed by atoms with Gasteiger partial charge >= 0.3 is 0 Å². The molecule has 0 spiro atoms. The van der Waals surface area contributed by atoms with Crippen LogP contribution in [0.5, 0.6) is 0 Å². The summed E-state index contributed by atoms with van der Waals surface area (Å²) in [4.78, 5) is 2.17. The first kappa shape index (κ1) is 15.0. The van der Waals surface area contributed by atoms with Gasteiger partial charge in [0, 0.05) is 48.9 Å². The predicted octanol–water partition coefficient (Wildman–Crippen LogP) is 2.39. The maximum Gasteiger partial charge on any atom is 0.0635 e. The van der Waals surface area contributed by atoms with Gasteiger partial charge in [-0.3, -0.25) is 4.90 Å². The van der Waals surface area contributed by atoms with Crippen molar-refractivity contribution in [2.75, 3.05) is 32.5 Å². The van der Waals surface area contributed by atoms with E-state index in [2.05, 4.69) is 26.9 Å². The molecule has 0 aromatic heterocycles. The molecule has 1 aromatic rings. The van der Waals surface area contributed by atoms with E-state index in [1.165, 1.54) is 0 Å². The molecular weight excluding hydrogens is 294 g/mol. The molecule has 0 bridgehead atoms. The first-order chi connectivity index (χ1) is 8.69. The number of nitriles is 1. The van der Waals surface area contributed by atoms with Gasteiger partial charge in [-0.05, 0) is 12.1 Å². The van der Waals surface area contributed by atoms with Gasteiger partial charge in [0.25, 0.3) is 0 Å². The van der Waals surface area contributed by atoms with Crippen molar-refractivity contribution in [3.8, 4) is 6.07 Å². The van der Waals surface area contributed by atoms with Crippen LogP contribution in [-0.4, -0.2) is 31.7 Å². The smallest absolute Gasteiger partial charge is 0.0635 e. The molecule has 0 aliphatic heterocycles. The largest absolute Gasteiger partial charge is 0.398 e. The lowest BCUT2D eigenvalue weighted by Gasteiger charge is -2.22. The highest BCUT2D eigenvalue weighted by Crippen LogP contribution is 2.24. The number of rotatable bonds is 7. The molecule has 4 nitrogen and oxygen atoms in total. The fourth-order valence-electron chi connectivity index (χ4n) is 1.66. The minimum Gasteiger partial charge on any atom is -0.398 e. The Morgan fingerprint density at radius 3 is 2.83 bits per heavy atom. The van der Waals surface area contributed by atoms with Gasteiger partial charge in [0.1, 0.15) is 0 Å². The molecule has 0 radical (unpaired) electrons. The van der Waals surface area contributed by atoms with Gasteiger partial charge in [-0.15, -0.1) is 0 Å². The molecular formula is C13H18BrN3O. The molecule has 0 amide bonds. The standard InChI is InChI=1S/C13H18BrN3O/c1-18-9-8-17(7-3-6-15)10-11-12(14)4-2-5-13(11)16/h2,4-5H,3,7-10,16H2,1H3. The number of ether oxygens (including phenoxy) is 1. The number of hydrogen-bond donors (Lipinski definition) is 1. The predicted molar refractivity (Wildman–Crippen MR) is 75.9 cm³/mol. The zero-order chi connectivity index (χ0) is 13.4. The molecule has 0 saturated heterocycles. The average molecular weight is 312 g/mol. The molecule has 2 N–H and O–H groups in total. The van der Waals surface area contributed by atoms with E-state index in [0.717, 1.165) is 35.4 Å². The van der Waals surface area contributed by atoms with Gasteiger partial charge in [0.2, 0.25) is 0 Å². The number of methoxy groups -OCH3 is 1. The van der Waals surface area contributed by atoms with Gasteiger partial charge in [-0.25, -0.2) is 0 Å². The Hall–Kier alpha value is -1.09. The van der Waals surface area contributed by atoms with E-state index in [-0.39, 0.29) is 0 Å². The van der Waals surface area contributed by atoms with Gasteiger partial charge in [0.05, 0.1) is 12.7 Å². The second-order valence-corrected chi connectivity index (χ2v) is 4.84. The second kappa shape index (κ2) is 8.09. The number of anilines is 1. The minimum atomic E-state index is 0.508. The van der Waals surface area contributed by atoms with Crippen molar-refractivity contribution in [2.24, 2.45) is 0 Å². The summed E-state index contributed by atoms with van der Waals surface area (Å²) in [5.41, 5.74) is 7.80. The quantitative estimate of drug-likeness (QED) is 0.785. The van der Waals surface area contributed by atoms with E-state index in [4.69, 9.17) is 15.7 Å². The highest BCUT2D eigenvalue weighted by molar-refractivity contribution is 9.10. The van der Waals surface area contributed by atoms with Gasteiger partial charge in [-0.2, -0.15) is 5.26 Å². The average Bonchev–Trinajstić information content (AvgIpc) is 2.36. The molecule has 0 atom stereocenters. The van der Waals surface area contributed by atoms with Crippen LogP contribution < -0.4 is 5.73 Å². The van der Waals surface area contributed by atoms with Crippen LogP contribution in [0.2, 0.25) is 0 Å². The van der Waals surface area contributed by atoms with E-state index in [0.29, 0.717) is 13.0 Å². The third-order valence-corrected chi connectivity index (χ3v) is 3.43. The Labute approximate surface area is 116 Å². The van der Waals surface area contributed by atoms with Crippen molar-refractivity contribution in [3.63, 3.8) is 0 Å². The van der Waals surface area contributed by atoms with E-state index < -0.39 is 0 Å². The fraction of sp³-hybridized carbons (Fsp3) is 0.462. The summed E-state index contributed by atoms with van der Waals surface area (Å²) in [5.74, 6) is 0. The molecule has 0 unspecified atom stereocenters. The summed E-state index contributed by atoms with van der Waals surface area (Å²) >= 11 is 3.51. The first-order valence-electron chi connectivity index (χ1n) is 5.80. The number of benzene rings is 1. The Morgan fingerprint density at radius 2 is 2.22 bits per heavy atom. The number of hydrogen-bond acceptors (Lipinski definition) is 4. The summed E-state index contributed by atoms with van der Waals surface area (Å²) in [6.07, 6.45) is 0.508. The van der Waals surface area contributed by atoms with Crippen molar-refractivity contribution in [3.05, 3.63) is 28.2 Å². The Morgan fingerprint density at radius 1 is 1.44 bits per heavy atom. The van der Waals surface area contributed by atoms with Crippen LogP contribution in [0.3, 0.4) is 0 Å². The topological polar surface area (TPSA) is 62.3 Å². The molecule has 1 rings (SSSR count). The Kier molecular flexibility index (Phi) is 6.73. The van der Waals surface area contributed by atoms with Gasteiger partial charge in [0.15, 0.2) is 0 Å². The molecule has 0 saturated carbocycles. The summed E-state index contributed by atoms with van der Waals surface area (Å²) in [7, 11) is 1.68. The van der Waals surface area contributed by atoms with Crippen LogP contribution in [0.4, 0.5) is 5.69 Å². The van der Waals surface area contributed by atoms with Crippen LogP contribution in [0.1, 0.15) is 12.0 Å². The van der Waals surface area contributed by atoms with Crippen molar-refractivity contribution >= 4 is 21.6 Å². The lowest BCUT2D eigenvalue weighted by atomic mass is 10.1. The van der Waals surface area contributed by atoms with Gasteiger partial charge in [-0.1, -0.05) is 22.0 Å². The summed E-state index contributed by atoms with van der Waals surface area (Å²) in [6.45, 7) is 2.88. The van der Waals surface area contributed by atoms with E-state index >= 15 is 0 Å². The maximum atomic E-state index is 8.67. The first-order valence-corrected chi connectivity index (χ1v) is 6.59. The van der Waals surface area contributed by atoms with Crippen LogP contribution in [-0.2, 0) is 11.3 Å². The SMILES string of the molecule is COCCN(CCC#N)Cc1c(N)cccc1Br. The number of nitrogen functional groups attached to an aromatic ring is 1. The van der Waals surface area contributed by atoms with E-state index in [1.54, 1.807) is 7.11 Å². The van der Waals surface area contributed by atoms with Crippen molar-refractivity contribution < 1.29 is 4.74 Å². The lowest BCUT2D eigenvalue weighted by Crippen LogP contribution is -2.28. The third-order valence-electron chi connectivity index (χ3n) is 2.69. The fourth-order valence-corrected chi connectivity index (χ4v) is 2.17. The maximum absolute atomic E-state index is 8.67. The zero-order valence-corrected chi connectivity index (χ0v) is 12.1. The number of nitrogens with two attached hydrogens (primary N) is 1. The van der Waals surface area contributed by atoms with Crippen molar-refractivity contribution in [1.82, 2.24) is 4.90 Å². The summed E-state index contributed by atoms with van der Waals surface area (Å²) in [5, 5.41) is 8.67. The normalized spacial score (nSPS) is 10.6. The molecule has 1 aromatic carbocycles. The molecule has 5 heteroatoms. The zero-order valence-electron chi connectivity index (χ0n) is 10.5. The van der Waals surface area contributed by atoms with Crippen LogP contribution in [0.15, 0.2) is 22.7 Å². The summed E-state index contributed by atoms with van der Waals surface area (Å²) in [6, 6.07) is 7.94. The lowest BCUT2D eigenvalue weighted by molar-refractivity contribution is 0.145. The molecule has 98 valence electrons. The third kappa shape index (κ3) is 4.65. The monoisotopic (exact) mass is 311 g/mol. The molecule has 0 heterocycles. The summed E-state index contributed by atoms with van der Waals surface area (Å²) < 4.78 is 6.08. The van der Waals surface area contributed by atoms with E-state index in [1.807, 2.05) is 18.2 Å². The number of nitrogens with zero attached hydrogens (tertiary/aromatic N) is 2. The van der Waals surface area contributed by atoms with Gasteiger partial charge < -0.3 is 10.5 Å². The molecule has 18 heavy (non-hydrogen) atoms. The Balaban J connectivity index is 2.72. The van der Waals surface area contributed by atoms with Crippen molar-refractivity contribution in [1.29, 1.82) is 5.26 Å². The second-order valence-electron chi connectivity index (χ2n) is 3.98. The van der Waals surface area contributed by atoms with Crippen LogP contribution >= 0.6 is 15.9 Å². The van der Waals surface area contributed by atoms with Crippen molar-refractivity contribution in [2.45, 2.75) is 13.0 Å². The van der Waals surface area contributed by atoms with Crippen LogP contribution in [0, 0.1) is 11.3 Å². The highest BCUT2D eigenvalue weighted by atomic mass is 79.9. The molecule has 0 aliphatic carbocycles. The highest BCUT2D eigenvalue weighted by Gasteiger charge is 2.10. The Bertz CT molecular complexity index is 397. The van der Waals surface area contributed by atoms with E-state index in [9.17, 15) is 0 Å².